The molecule has 1 aliphatic rings. The van der Waals surface area contributed by atoms with Crippen LogP contribution in [0.4, 0.5) is 0 Å². The minimum atomic E-state index is -0.428. The van der Waals surface area contributed by atoms with Crippen molar-refractivity contribution < 1.29 is 9.59 Å². The Labute approximate surface area is 72.0 Å². The zero-order valence-electron chi connectivity index (χ0n) is 7.55. The number of allylic oxidation sites excluding steroid dienone is 4. The summed E-state index contributed by atoms with van der Waals surface area (Å²) in [5, 5.41) is 0. The normalized spacial score (nSPS) is 18.1. The van der Waals surface area contributed by atoms with Crippen LogP contribution in [0.1, 0.15) is 20.8 Å². The summed E-state index contributed by atoms with van der Waals surface area (Å²) in [6.45, 7) is 6.02. The highest BCUT2D eigenvalue weighted by Gasteiger charge is 2.21. The number of rotatable bonds is 0. The molecule has 0 bridgehead atoms. The van der Waals surface area contributed by atoms with Gasteiger partial charge in [-0.2, -0.15) is 0 Å². The quantitative estimate of drug-likeness (QED) is 0.403. The fourth-order valence-electron chi connectivity index (χ4n) is 0.975. The maximum Gasteiger partial charge on any atom is 0.225 e. The topological polar surface area (TPSA) is 34.1 Å². The van der Waals surface area contributed by atoms with E-state index < -0.39 is 11.6 Å². The molecular weight excluding hydrogens is 152 g/mol. The van der Waals surface area contributed by atoms with E-state index in [0.717, 1.165) is 5.57 Å². The van der Waals surface area contributed by atoms with Gasteiger partial charge in [0, 0.05) is 0 Å². The van der Waals surface area contributed by atoms with Gasteiger partial charge in [-0.05, 0) is 23.1 Å². The van der Waals surface area contributed by atoms with Crippen molar-refractivity contribution in [3.8, 4) is 0 Å². The highest BCUT2D eigenvalue weighted by molar-refractivity contribution is 6.46. The molecule has 2 heteroatoms. The second-order valence-electron chi connectivity index (χ2n) is 3.91. The van der Waals surface area contributed by atoms with Crippen LogP contribution in [-0.2, 0) is 9.59 Å². The van der Waals surface area contributed by atoms with E-state index in [4.69, 9.17) is 0 Å². The van der Waals surface area contributed by atoms with Crippen LogP contribution in [0.15, 0.2) is 23.8 Å². The molecule has 0 N–H and O–H groups in total. The Hall–Kier alpha value is -1.18. The van der Waals surface area contributed by atoms with E-state index in [1.165, 1.54) is 12.2 Å². The molecule has 2 nitrogen and oxygen atoms in total. The molecule has 64 valence electrons. The molecule has 0 spiro atoms. The predicted octanol–water partition coefficient (Wildman–Crippen LogP) is 1.67. The molecule has 0 atom stereocenters. The SMILES string of the molecule is CC(C)(C)C1=CC(=O)C(=O)C=C1. The first-order valence-corrected chi connectivity index (χ1v) is 3.90. The van der Waals surface area contributed by atoms with E-state index in [1.807, 2.05) is 20.8 Å². The van der Waals surface area contributed by atoms with E-state index in [2.05, 4.69) is 0 Å². The second kappa shape index (κ2) is 2.70. The standard InChI is InChI=1S/C10H12O2/c1-10(2,3)7-4-5-8(11)9(12)6-7/h4-6H,1-3H3. The number of hydrogen-bond acceptors (Lipinski definition) is 2. The Morgan fingerprint density at radius 2 is 1.58 bits per heavy atom. The van der Waals surface area contributed by atoms with E-state index in [0.29, 0.717) is 0 Å². The van der Waals surface area contributed by atoms with Crippen LogP contribution >= 0.6 is 0 Å². The van der Waals surface area contributed by atoms with Crippen LogP contribution in [-0.4, -0.2) is 11.6 Å². The average Bonchev–Trinajstić information content (AvgIpc) is 1.92. The van der Waals surface area contributed by atoms with Crippen molar-refractivity contribution in [3.63, 3.8) is 0 Å². The molecule has 12 heavy (non-hydrogen) atoms. The number of hydrogen-bond donors (Lipinski definition) is 0. The van der Waals surface area contributed by atoms with Gasteiger partial charge in [0.2, 0.25) is 11.6 Å². The average molecular weight is 164 g/mol. The lowest BCUT2D eigenvalue weighted by molar-refractivity contribution is -0.131. The van der Waals surface area contributed by atoms with Crippen molar-refractivity contribution in [2.45, 2.75) is 20.8 Å². The van der Waals surface area contributed by atoms with Crippen LogP contribution in [0.3, 0.4) is 0 Å². The zero-order valence-corrected chi connectivity index (χ0v) is 7.55. The van der Waals surface area contributed by atoms with E-state index >= 15 is 0 Å². The van der Waals surface area contributed by atoms with Gasteiger partial charge in [0.15, 0.2) is 0 Å². The lowest BCUT2D eigenvalue weighted by Gasteiger charge is -2.21. The summed E-state index contributed by atoms with van der Waals surface area (Å²) in [4.78, 5) is 21.8. The van der Waals surface area contributed by atoms with Crippen molar-refractivity contribution in [1.82, 2.24) is 0 Å². The molecule has 0 aromatic carbocycles. The first-order valence-electron chi connectivity index (χ1n) is 3.90. The summed E-state index contributed by atoms with van der Waals surface area (Å²) in [7, 11) is 0. The van der Waals surface area contributed by atoms with Crippen molar-refractivity contribution in [3.05, 3.63) is 23.8 Å². The summed E-state index contributed by atoms with van der Waals surface area (Å²) in [5.41, 5.74) is 0.847. The van der Waals surface area contributed by atoms with Crippen molar-refractivity contribution >= 4 is 11.6 Å². The minimum absolute atomic E-state index is 0.0626. The third-order valence-corrected chi connectivity index (χ3v) is 1.81. The van der Waals surface area contributed by atoms with Gasteiger partial charge >= 0.3 is 0 Å². The molecule has 0 saturated heterocycles. The highest BCUT2D eigenvalue weighted by Crippen LogP contribution is 2.27. The van der Waals surface area contributed by atoms with E-state index in [-0.39, 0.29) is 5.41 Å². The molecule has 0 aromatic rings. The third kappa shape index (κ3) is 1.70. The van der Waals surface area contributed by atoms with Crippen LogP contribution in [0.5, 0.6) is 0 Å². The predicted molar refractivity (Wildman–Crippen MR) is 46.7 cm³/mol. The molecule has 1 aliphatic carbocycles. The summed E-state index contributed by atoms with van der Waals surface area (Å²) < 4.78 is 0. The van der Waals surface area contributed by atoms with Gasteiger partial charge in [0.25, 0.3) is 0 Å². The monoisotopic (exact) mass is 164 g/mol. The molecule has 0 unspecified atom stereocenters. The first kappa shape index (κ1) is 8.91. The summed E-state index contributed by atoms with van der Waals surface area (Å²) in [5.74, 6) is -0.842. The highest BCUT2D eigenvalue weighted by atomic mass is 16.2. The van der Waals surface area contributed by atoms with Crippen molar-refractivity contribution in [2.75, 3.05) is 0 Å². The van der Waals surface area contributed by atoms with E-state index in [1.54, 1.807) is 6.08 Å². The van der Waals surface area contributed by atoms with Gasteiger partial charge in [-0.3, -0.25) is 9.59 Å². The Bertz CT molecular complexity index is 287. The Kier molecular flexibility index (Phi) is 2.01. The zero-order chi connectivity index (χ0) is 9.35. The van der Waals surface area contributed by atoms with Gasteiger partial charge < -0.3 is 0 Å². The maximum absolute atomic E-state index is 11.0. The first-order chi connectivity index (χ1) is 5.41. The van der Waals surface area contributed by atoms with Crippen molar-refractivity contribution in [2.24, 2.45) is 5.41 Å². The summed E-state index contributed by atoms with van der Waals surface area (Å²) >= 11 is 0. The smallest absolute Gasteiger partial charge is 0.225 e. The molecule has 0 radical (unpaired) electrons. The van der Waals surface area contributed by atoms with Gasteiger partial charge in [0.1, 0.15) is 0 Å². The molecule has 0 heterocycles. The Morgan fingerprint density at radius 1 is 1.00 bits per heavy atom. The number of carbonyl (C=O) groups is 2. The van der Waals surface area contributed by atoms with E-state index in [9.17, 15) is 9.59 Å². The van der Waals surface area contributed by atoms with Gasteiger partial charge in [0.05, 0.1) is 0 Å². The third-order valence-electron chi connectivity index (χ3n) is 1.81. The molecule has 0 aromatic heterocycles. The lowest BCUT2D eigenvalue weighted by Crippen LogP contribution is -2.17. The molecule has 0 saturated carbocycles. The number of ketones is 2. The van der Waals surface area contributed by atoms with Crippen LogP contribution in [0.2, 0.25) is 0 Å². The molecule has 0 amide bonds. The number of carbonyl (C=O) groups excluding carboxylic acids is 2. The molecule has 0 fully saturated rings. The fourth-order valence-corrected chi connectivity index (χ4v) is 0.975. The largest absolute Gasteiger partial charge is 0.286 e. The molecule has 0 aliphatic heterocycles. The maximum atomic E-state index is 11.0. The van der Waals surface area contributed by atoms with Crippen LogP contribution in [0.25, 0.3) is 0 Å². The minimum Gasteiger partial charge on any atom is -0.286 e. The summed E-state index contributed by atoms with van der Waals surface area (Å²) in [6.07, 6.45) is 4.47. The Balaban J connectivity index is 2.99. The van der Waals surface area contributed by atoms with Crippen molar-refractivity contribution in [1.29, 1.82) is 0 Å². The Morgan fingerprint density at radius 3 is 2.00 bits per heavy atom. The second-order valence-corrected chi connectivity index (χ2v) is 3.91. The molecule has 1 rings (SSSR count). The molecular formula is C10H12O2. The van der Waals surface area contributed by atoms with Gasteiger partial charge in [-0.25, -0.2) is 0 Å². The van der Waals surface area contributed by atoms with Gasteiger partial charge in [-0.1, -0.05) is 26.8 Å². The fraction of sp³-hybridized carbons (Fsp3) is 0.400. The van der Waals surface area contributed by atoms with Crippen LogP contribution in [0, 0.1) is 5.41 Å². The summed E-state index contributed by atoms with van der Waals surface area (Å²) in [6, 6.07) is 0. The lowest BCUT2D eigenvalue weighted by atomic mass is 9.83. The van der Waals surface area contributed by atoms with Crippen LogP contribution < -0.4 is 0 Å². The van der Waals surface area contributed by atoms with Gasteiger partial charge in [-0.15, -0.1) is 0 Å².